The van der Waals surface area contributed by atoms with Crippen LogP contribution in [-0.4, -0.2) is 22.5 Å². The number of rotatable bonds is 6. The Hall–Kier alpha value is -1.92. The van der Waals surface area contributed by atoms with Crippen molar-refractivity contribution in [3.63, 3.8) is 0 Å². The molecule has 1 aromatic heterocycles. The number of oxime groups is 1. The van der Waals surface area contributed by atoms with Gasteiger partial charge in [0.25, 0.3) is 0 Å². The van der Waals surface area contributed by atoms with Crippen molar-refractivity contribution < 1.29 is 9.60 Å². The average Bonchev–Trinajstić information content (AvgIpc) is 3.00. The molecule has 0 unspecified atom stereocenters. The average molecular weight is 307 g/mol. The summed E-state index contributed by atoms with van der Waals surface area (Å²) in [6, 6.07) is 8.47. The number of benzene rings is 1. The van der Waals surface area contributed by atoms with Gasteiger partial charge in [0.2, 0.25) is 0 Å². The smallest absolute Gasteiger partial charge is 0.170 e. The van der Waals surface area contributed by atoms with E-state index in [-0.39, 0.29) is 5.84 Å². The van der Waals surface area contributed by atoms with Crippen molar-refractivity contribution in [1.82, 2.24) is 4.90 Å². The lowest BCUT2D eigenvalue weighted by Gasteiger charge is -2.21. The number of nitrogens with zero attached hydrogens (tertiary/aromatic N) is 2. The SMILES string of the molecule is CCN(Cc1cccs1)Cc1ccc(F)cc1C(N)=NO. The van der Waals surface area contributed by atoms with Crippen molar-refractivity contribution >= 4 is 17.2 Å². The van der Waals surface area contributed by atoms with E-state index in [1.807, 2.05) is 11.4 Å². The highest BCUT2D eigenvalue weighted by Crippen LogP contribution is 2.17. The first-order valence-electron chi connectivity index (χ1n) is 6.65. The molecular weight excluding hydrogens is 289 g/mol. The van der Waals surface area contributed by atoms with Crippen molar-refractivity contribution in [1.29, 1.82) is 0 Å². The van der Waals surface area contributed by atoms with Crippen LogP contribution in [0, 0.1) is 5.82 Å². The molecule has 1 aromatic carbocycles. The van der Waals surface area contributed by atoms with Crippen LogP contribution in [-0.2, 0) is 13.1 Å². The topological polar surface area (TPSA) is 61.8 Å². The number of amidine groups is 1. The monoisotopic (exact) mass is 307 g/mol. The van der Waals surface area contributed by atoms with Gasteiger partial charge in [-0.05, 0) is 35.7 Å². The minimum Gasteiger partial charge on any atom is -0.409 e. The molecule has 0 aliphatic rings. The van der Waals surface area contributed by atoms with E-state index in [4.69, 9.17) is 10.9 Å². The molecule has 2 rings (SSSR count). The lowest BCUT2D eigenvalue weighted by atomic mass is 10.1. The Labute approximate surface area is 127 Å². The maximum absolute atomic E-state index is 13.4. The van der Waals surface area contributed by atoms with Gasteiger partial charge in [0.1, 0.15) is 5.82 Å². The molecule has 0 aliphatic heterocycles. The van der Waals surface area contributed by atoms with Gasteiger partial charge in [0.05, 0.1) is 0 Å². The van der Waals surface area contributed by atoms with E-state index in [1.165, 1.54) is 17.0 Å². The van der Waals surface area contributed by atoms with Crippen molar-refractivity contribution in [3.05, 3.63) is 57.5 Å². The fraction of sp³-hybridized carbons (Fsp3) is 0.267. The Bertz CT molecular complexity index is 613. The number of thiophene rings is 1. The van der Waals surface area contributed by atoms with Gasteiger partial charge in [-0.1, -0.05) is 24.2 Å². The molecule has 0 aliphatic carbocycles. The summed E-state index contributed by atoms with van der Waals surface area (Å²) in [7, 11) is 0. The highest BCUT2D eigenvalue weighted by molar-refractivity contribution is 7.09. The highest BCUT2D eigenvalue weighted by Gasteiger charge is 2.12. The van der Waals surface area contributed by atoms with E-state index in [0.717, 1.165) is 18.7 Å². The standard InChI is InChI=1S/C15H18FN3OS/c1-2-19(10-13-4-3-7-21-13)9-11-5-6-12(16)8-14(11)15(17)18-20/h3-8,20H,2,9-10H2,1H3,(H2,17,18). The molecule has 0 atom stereocenters. The lowest BCUT2D eigenvalue weighted by molar-refractivity contribution is 0.273. The number of hydrogen-bond donors (Lipinski definition) is 2. The fourth-order valence-corrected chi connectivity index (χ4v) is 2.87. The first-order valence-corrected chi connectivity index (χ1v) is 7.53. The summed E-state index contributed by atoms with van der Waals surface area (Å²) < 4.78 is 13.4. The molecule has 21 heavy (non-hydrogen) atoms. The summed E-state index contributed by atoms with van der Waals surface area (Å²) in [6.07, 6.45) is 0. The number of nitrogens with two attached hydrogens (primary N) is 1. The molecule has 112 valence electrons. The van der Waals surface area contributed by atoms with Gasteiger partial charge in [-0.25, -0.2) is 4.39 Å². The molecule has 0 fully saturated rings. The van der Waals surface area contributed by atoms with Gasteiger partial charge >= 0.3 is 0 Å². The van der Waals surface area contributed by atoms with Crippen LogP contribution < -0.4 is 5.73 Å². The zero-order chi connectivity index (χ0) is 15.2. The molecule has 1 heterocycles. The van der Waals surface area contributed by atoms with E-state index in [2.05, 4.69) is 23.0 Å². The molecule has 0 saturated heterocycles. The van der Waals surface area contributed by atoms with E-state index in [1.54, 1.807) is 17.4 Å². The van der Waals surface area contributed by atoms with Crippen LogP contribution in [0.2, 0.25) is 0 Å². The van der Waals surface area contributed by atoms with Gasteiger partial charge in [-0.2, -0.15) is 0 Å². The van der Waals surface area contributed by atoms with Gasteiger partial charge in [-0.3, -0.25) is 4.90 Å². The molecular formula is C15H18FN3OS. The predicted molar refractivity (Wildman–Crippen MR) is 83.0 cm³/mol. The zero-order valence-electron chi connectivity index (χ0n) is 11.8. The molecule has 0 saturated carbocycles. The Balaban J connectivity index is 2.20. The first kappa shape index (κ1) is 15.5. The van der Waals surface area contributed by atoms with Crippen LogP contribution in [0.4, 0.5) is 4.39 Å². The molecule has 0 spiro atoms. The Kier molecular flexibility index (Phi) is 5.30. The summed E-state index contributed by atoms with van der Waals surface area (Å²) in [6.45, 7) is 4.35. The molecule has 2 aromatic rings. The van der Waals surface area contributed by atoms with Crippen LogP contribution in [0.15, 0.2) is 40.9 Å². The molecule has 0 radical (unpaired) electrons. The van der Waals surface area contributed by atoms with Crippen molar-refractivity contribution in [2.24, 2.45) is 10.9 Å². The van der Waals surface area contributed by atoms with E-state index in [0.29, 0.717) is 12.1 Å². The number of hydrogen-bond acceptors (Lipinski definition) is 4. The summed E-state index contributed by atoms with van der Waals surface area (Å²) >= 11 is 1.70. The van der Waals surface area contributed by atoms with Crippen molar-refractivity contribution in [2.45, 2.75) is 20.0 Å². The first-order chi connectivity index (χ1) is 10.1. The largest absolute Gasteiger partial charge is 0.409 e. The maximum Gasteiger partial charge on any atom is 0.170 e. The Morgan fingerprint density at radius 2 is 2.19 bits per heavy atom. The van der Waals surface area contributed by atoms with Gasteiger partial charge in [0.15, 0.2) is 5.84 Å². The van der Waals surface area contributed by atoms with E-state index >= 15 is 0 Å². The maximum atomic E-state index is 13.4. The Morgan fingerprint density at radius 3 is 2.81 bits per heavy atom. The van der Waals surface area contributed by atoms with Crippen LogP contribution in [0.5, 0.6) is 0 Å². The van der Waals surface area contributed by atoms with E-state index < -0.39 is 5.82 Å². The second kappa shape index (κ2) is 7.19. The van der Waals surface area contributed by atoms with Gasteiger partial charge in [0, 0.05) is 23.5 Å². The van der Waals surface area contributed by atoms with Crippen molar-refractivity contribution in [2.75, 3.05) is 6.54 Å². The summed E-state index contributed by atoms with van der Waals surface area (Å²) in [5.74, 6) is -0.474. The normalized spacial score (nSPS) is 12.0. The van der Waals surface area contributed by atoms with Crippen molar-refractivity contribution in [3.8, 4) is 0 Å². The predicted octanol–water partition coefficient (Wildman–Crippen LogP) is 3.00. The lowest BCUT2D eigenvalue weighted by Crippen LogP contribution is -2.24. The third-order valence-electron chi connectivity index (χ3n) is 3.26. The summed E-state index contributed by atoms with van der Waals surface area (Å²) in [5.41, 5.74) is 6.90. The van der Waals surface area contributed by atoms with E-state index in [9.17, 15) is 4.39 Å². The second-order valence-electron chi connectivity index (χ2n) is 4.67. The van der Waals surface area contributed by atoms with Crippen LogP contribution in [0.3, 0.4) is 0 Å². The molecule has 0 bridgehead atoms. The third kappa shape index (κ3) is 4.03. The van der Waals surface area contributed by atoms with Gasteiger partial charge < -0.3 is 10.9 Å². The third-order valence-corrected chi connectivity index (χ3v) is 4.12. The summed E-state index contributed by atoms with van der Waals surface area (Å²) in [5, 5.41) is 13.9. The minimum atomic E-state index is -0.401. The molecule has 4 nitrogen and oxygen atoms in total. The minimum absolute atomic E-state index is 0.0725. The second-order valence-corrected chi connectivity index (χ2v) is 5.70. The molecule has 3 N–H and O–H groups in total. The highest BCUT2D eigenvalue weighted by atomic mass is 32.1. The van der Waals surface area contributed by atoms with Gasteiger partial charge in [-0.15, -0.1) is 11.3 Å². The fourth-order valence-electron chi connectivity index (χ4n) is 2.12. The summed E-state index contributed by atoms with van der Waals surface area (Å²) in [4.78, 5) is 3.48. The Morgan fingerprint density at radius 1 is 1.38 bits per heavy atom. The zero-order valence-corrected chi connectivity index (χ0v) is 12.6. The number of halogens is 1. The molecule has 0 amide bonds. The quantitative estimate of drug-likeness (QED) is 0.373. The van der Waals surface area contributed by atoms with Crippen LogP contribution in [0.1, 0.15) is 22.9 Å². The molecule has 6 heteroatoms. The van der Waals surface area contributed by atoms with Crippen LogP contribution in [0.25, 0.3) is 0 Å². The van der Waals surface area contributed by atoms with Crippen LogP contribution >= 0.6 is 11.3 Å².